The monoisotopic (exact) mass is 385 g/mol. The number of sulfonamides is 1. The molecular formula is C20H35NO4S. The number of phenolic OH excluding ortho intramolecular Hbond substituents is 1. The molecule has 0 aliphatic carbocycles. The Labute approximate surface area is 159 Å². The summed E-state index contributed by atoms with van der Waals surface area (Å²) in [6, 6.07) is 4.82. The number of nitrogens with one attached hydrogen (secondary N) is 1. The van der Waals surface area contributed by atoms with Crippen molar-refractivity contribution >= 4 is 10.0 Å². The molecule has 0 radical (unpaired) electrons. The van der Waals surface area contributed by atoms with Gasteiger partial charge in [-0.15, -0.1) is 0 Å². The third-order valence-electron chi connectivity index (χ3n) is 4.51. The van der Waals surface area contributed by atoms with Crippen molar-refractivity contribution < 1.29 is 18.3 Å². The lowest BCUT2D eigenvalue weighted by Crippen LogP contribution is -2.25. The highest BCUT2D eigenvalue weighted by atomic mass is 32.2. The molecule has 5 nitrogen and oxygen atoms in total. The second kappa shape index (κ2) is 13.0. The van der Waals surface area contributed by atoms with E-state index in [0.29, 0.717) is 12.2 Å². The van der Waals surface area contributed by atoms with Crippen LogP contribution in [-0.2, 0) is 16.6 Å². The number of methoxy groups -OCH3 is 1. The zero-order valence-corrected chi connectivity index (χ0v) is 17.1. The van der Waals surface area contributed by atoms with Gasteiger partial charge in [0.25, 0.3) is 0 Å². The Hall–Kier alpha value is -1.27. The van der Waals surface area contributed by atoms with Crippen molar-refractivity contribution in [1.82, 2.24) is 4.72 Å². The Morgan fingerprint density at radius 2 is 1.54 bits per heavy atom. The van der Waals surface area contributed by atoms with Crippen LogP contribution in [0.2, 0.25) is 0 Å². The fourth-order valence-corrected chi connectivity index (χ4v) is 3.99. The third-order valence-corrected chi connectivity index (χ3v) is 5.92. The number of ether oxygens (including phenoxy) is 1. The van der Waals surface area contributed by atoms with E-state index in [2.05, 4.69) is 11.6 Å². The lowest BCUT2D eigenvalue weighted by Gasteiger charge is -2.09. The topological polar surface area (TPSA) is 75.6 Å². The molecule has 1 aromatic rings. The summed E-state index contributed by atoms with van der Waals surface area (Å²) in [4.78, 5) is 0. The van der Waals surface area contributed by atoms with Crippen LogP contribution in [0.25, 0.3) is 0 Å². The molecule has 6 heteroatoms. The number of phenols is 1. The predicted octanol–water partition coefficient (Wildman–Crippen LogP) is 4.74. The molecule has 0 bridgehead atoms. The van der Waals surface area contributed by atoms with Gasteiger partial charge < -0.3 is 9.84 Å². The summed E-state index contributed by atoms with van der Waals surface area (Å²) in [5.41, 5.74) is 0.756. The molecule has 0 amide bonds. The van der Waals surface area contributed by atoms with Crippen molar-refractivity contribution in [2.45, 2.75) is 77.7 Å². The highest BCUT2D eigenvalue weighted by Gasteiger charge is 2.10. The molecule has 1 rings (SSSR count). The van der Waals surface area contributed by atoms with E-state index in [1.165, 1.54) is 58.1 Å². The molecular weight excluding hydrogens is 350 g/mol. The summed E-state index contributed by atoms with van der Waals surface area (Å²) in [6.45, 7) is 2.43. The molecule has 150 valence electrons. The largest absolute Gasteiger partial charge is 0.504 e. The van der Waals surface area contributed by atoms with Gasteiger partial charge in [-0.3, -0.25) is 0 Å². The first-order valence-electron chi connectivity index (χ1n) is 9.81. The second-order valence-corrected chi connectivity index (χ2v) is 8.75. The second-order valence-electron chi connectivity index (χ2n) is 6.83. The van der Waals surface area contributed by atoms with Crippen molar-refractivity contribution in [3.63, 3.8) is 0 Å². The molecule has 0 aromatic heterocycles. The van der Waals surface area contributed by atoms with Crippen LogP contribution in [0, 0.1) is 0 Å². The standard InChI is InChI=1S/C20H35NO4S/c1-3-4-5-6-7-8-9-10-11-12-15-26(23,24)21-17-18-13-14-19(22)20(16-18)25-2/h13-14,16,21-22H,3-12,15,17H2,1-2H3. The summed E-state index contributed by atoms with van der Waals surface area (Å²) >= 11 is 0. The lowest BCUT2D eigenvalue weighted by molar-refractivity contribution is 0.373. The molecule has 2 N–H and O–H groups in total. The Bertz CT molecular complexity index is 602. The number of hydrogen-bond donors (Lipinski definition) is 2. The van der Waals surface area contributed by atoms with E-state index in [-0.39, 0.29) is 18.0 Å². The zero-order chi connectivity index (χ0) is 19.3. The third kappa shape index (κ3) is 10.0. The molecule has 0 aliphatic heterocycles. The minimum atomic E-state index is -3.27. The van der Waals surface area contributed by atoms with E-state index in [1.54, 1.807) is 12.1 Å². The number of aromatic hydroxyl groups is 1. The normalized spacial score (nSPS) is 11.6. The van der Waals surface area contributed by atoms with Gasteiger partial charge in [0.2, 0.25) is 10.0 Å². The number of unbranched alkanes of at least 4 members (excludes halogenated alkanes) is 9. The van der Waals surface area contributed by atoms with E-state index in [0.717, 1.165) is 18.4 Å². The summed E-state index contributed by atoms with van der Waals surface area (Å²) in [5.74, 6) is 0.555. The first kappa shape index (κ1) is 22.8. The van der Waals surface area contributed by atoms with Gasteiger partial charge in [-0.25, -0.2) is 13.1 Å². The maximum Gasteiger partial charge on any atom is 0.211 e. The molecule has 26 heavy (non-hydrogen) atoms. The van der Waals surface area contributed by atoms with E-state index < -0.39 is 10.0 Å². The van der Waals surface area contributed by atoms with Crippen LogP contribution < -0.4 is 9.46 Å². The molecule has 0 spiro atoms. The van der Waals surface area contributed by atoms with Gasteiger partial charge in [-0.2, -0.15) is 0 Å². The van der Waals surface area contributed by atoms with Gasteiger partial charge >= 0.3 is 0 Å². The molecule has 0 heterocycles. The van der Waals surface area contributed by atoms with Crippen molar-refractivity contribution in [3.05, 3.63) is 23.8 Å². The Morgan fingerprint density at radius 1 is 0.962 bits per heavy atom. The van der Waals surface area contributed by atoms with Crippen molar-refractivity contribution in [2.24, 2.45) is 0 Å². The van der Waals surface area contributed by atoms with E-state index in [9.17, 15) is 13.5 Å². The van der Waals surface area contributed by atoms with Crippen molar-refractivity contribution in [1.29, 1.82) is 0 Å². The zero-order valence-electron chi connectivity index (χ0n) is 16.3. The molecule has 1 aromatic carbocycles. The van der Waals surface area contributed by atoms with E-state index in [4.69, 9.17) is 4.74 Å². The summed E-state index contributed by atoms with van der Waals surface area (Å²) < 4.78 is 31.8. The number of hydrogen-bond acceptors (Lipinski definition) is 4. The van der Waals surface area contributed by atoms with Crippen LogP contribution in [0.5, 0.6) is 11.5 Å². The van der Waals surface area contributed by atoms with Crippen LogP contribution >= 0.6 is 0 Å². The van der Waals surface area contributed by atoms with Crippen LogP contribution in [0.3, 0.4) is 0 Å². The molecule has 0 aliphatic rings. The first-order valence-corrected chi connectivity index (χ1v) is 11.5. The first-order chi connectivity index (χ1) is 12.5. The Balaban J connectivity index is 2.14. The van der Waals surface area contributed by atoms with Crippen LogP contribution in [0.1, 0.15) is 76.7 Å². The molecule has 0 saturated carbocycles. The molecule has 0 saturated heterocycles. The van der Waals surface area contributed by atoms with Gasteiger partial charge in [0.05, 0.1) is 12.9 Å². The van der Waals surface area contributed by atoms with Gasteiger partial charge in [-0.05, 0) is 24.1 Å². The molecule has 0 fully saturated rings. The van der Waals surface area contributed by atoms with E-state index in [1.807, 2.05) is 0 Å². The quantitative estimate of drug-likeness (QED) is 0.428. The number of rotatable bonds is 15. The summed E-state index contributed by atoms with van der Waals surface area (Å²) in [7, 11) is -1.80. The Kier molecular flexibility index (Phi) is 11.4. The highest BCUT2D eigenvalue weighted by molar-refractivity contribution is 7.89. The minimum Gasteiger partial charge on any atom is -0.504 e. The van der Waals surface area contributed by atoms with Crippen LogP contribution in [0.15, 0.2) is 18.2 Å². The van der Waals surface area contributed by atoms with Gasteiger partial charge in [0.1, 0.15) is 0 Å². The van der Waals surface area contributed by atoms with Gasteiger partial charge in [0.15, 0.2) is 11.5 Å². The summed E-state index contributed by atoms with van der Waals surface area (Å²) in [5, 5.41) is 9.56. The minimum absolute atomic E-state index is 0.0458. The van der Waals surface area contributed by atoms with E-state index >= 15 is 0 Å². The predicted molar refractivity (Wildman–Crippen MR) is 107 cm³/mol. The smallest absolute Gasteiger partial charge is 0.211 e. The highest BCUT2D eigenvalue weighted by Crippen LogP contribution is 2.26. The number of benzene rings is 1. The van der Waals surface area contributed by atoms with Crippen molar-refractivity contribution in [3.8, 4) is 11.5 Å². The Morgan fingerprint density at radius 3 is 2.12 bits per heavy atom. The van der Waals surface area contributed by atoms with Gasteiger partial charge in [0, 0.05) is 6.54 Å². The lowest BCUT2D eigenvalue weighted by atomic mass is 10.1. The molecule has 0 unspecified atom stereocenters. The average molecular weight is 386 g/mol. The van der Waals surface area contributed by atoms with Crippen molar-refractivity contribution in [2.75, 3.05) is 12.9 Å². The van der Waals surface area contributed by atoms with Crippen LogP contribution in [-0.4, -0.2) is 26.4 Å². The molecule has 0 atom stereocenters. The fraction of sp³-hybridized carbons (Fsp3) is 0.700. The SMILES string of the molecule is CCCCCCCCCCCCS(=O)(=O)NCc1ccc(O)c(OC)c1. The maximum atomic E-state index is 12.1. The maximum absolute atomic E-state index is 12.1. The fourth-order valence-electron chi connectivity index (χ4n) is 2.88. The van der Waals surface area contributed by atoms with Crippen LogP contribution in [0.4, 0.5) is 0 Å². The van der Waals surface area contributed by atoms with Gasteiger partial charge in [-0.1, -0.05) is 70.8 Å². The average Bonchev–Trinajstić information content (AvgIpc) is 2.62. The summed E-state index contributed by atoms with van der Waals surface area (Å²) in [6.07, 6.45) is 11.8.